The van der Waals surface area contributed by atoms with E-state index in [-0.39, 0.29) is 0 Å². The molecule has 0 unspecified atom stereocenters. The van der Waals surface area contributed by atoms with E-state index < -0.39 is 0 Å². The van der Waals surface area contributed by atoms with Crippen molar-refractivity contribution < 1.29 is 4.42 Å². The second kappa shape index (κ2) is 12.8. The van der Waals surface area contributed by atoms with E-state index in [4.69, 9.17) is 19.4 Å². The van der Waals surface area contributed by atoms with Crippen molar-refractivity contribution in [3.8, 4) is 51.0 Å². The minimum Gasteiger partial charge on any atom is -0.456 e. The molecule has 0 aliphatic carbocycles. The molecule has 0 saturated heterocycles. The zero-order valence-corrected chi connectivity index (χ0v) is 31.0. The average Bonchev–Trinajstić information content (AvgIpc) is 3.84. The number of rotatable bonds is 5. The largest absolute Gasteiger partial charge is 0.456 e. The standard InChI is InChI=1S/C52H31N5O/c1-2-10-35-29-36(22-19-32(35)9-1)33-17-20-34(21-18-33)50-54-51(37-23-24-42-44-31-53-28-27-48(44)58-49(42)30-37)56-52(55-50)43-25-26-47(39-12-4-3-11-38(39)43)57-45-15-7-5-13-40(45)41-14-6-8-16-46(41)57/h1-31H. The van der Waals surface area contributed by atoms with Gasteiger partial charge in [-0.25, -0.2) is 15.0 Å². The van der Waals surface area contributed by atoms with Crippen molar-refractivity contribution >= 4 is 65.3 Å². The van der Waals surface area contributed by atoms with Gasteiger partial charge in [0.1, 0.15) is 11.2 Å². The third-order valence-corrected chi connectivity index (χ3v) is 11.4. The molecule has 12 aromatic rings. The summed E-state index contributed by atoms with van der Waals surface area (Å²) >= 11 is 0. The lowest BCUT2D eigenvalue weighted by Crippen LogP contribution is -2.02. The van der Waals surface area contributed by atoms with Crippen LogP contribution in [0, 0.1) is 0 Å². The maximum Gasteiger partial charge on any atom is 0.164 e. The number of para-hydroxylation sites is 2. The van der Waals surface area contributed by atoms with Crippen LogP contribution in [-0.2, 0) is 0 Å². The van der Waals surface area contributed by atoms with E-state index in [0.29, 0.717) is 17.5 Å². The third-order valence-electron chi connectivity index (χ3n) is 11.4. The van der Waals surface area contributed by atoms with Gasteiger partial charge in [0.2, 0.25) is 0 Å². The van der Waals surface area contributed by atoms with E-state index in [1.165, 1.54) is 21.5 Å². The summed E-state index contributed by atoms with van der Waals surface area (Å²) in [4.78, 5) is 19.9. The molecule has 0 fully saturated rings. The molecule has 270 valence electrons. The average molecular weight is 742 g/mol. The molecule has 0 aliphatic rings. The highest BCUT2D eigenvalue weighted by Gasteiger charge is 2.19. The number of hydrogen-bond acceptors (Lipinski definition) is 5. The minimum atomic E-state index is 0.564. The van der Waals surface area contributed by atoms with Crippen molar-refractivity contribution in [2.24, 2.45) is 0 Å². The summed E-state index contributed by atoms with van der Waals surface area (Å²) in [6.45, 7) is 0. The van der Waals surface area contributed by atoms with Gasteiger partial charge in [-0.1, -0.05) is 127 Å². The highest BCUT2D eigenvalue weighted by molar-refractivity contribution is 6.11. The third kappa shape index (κ3) is 5.12. The fourth-order valence-electron chi connectivity index (χ4n) is 8.55. The maximum atomic E-state index is 6.28. The van der Waals surface area contributed by atoms with Crippen LogP contribution in [0.5, 0.6) is 0 Å². The molecule has 0 saturated carbocycles. The van der Waals surface area contributed by atoms with Crippen LogP contribution in [0.1, 0.15) is 0 Å². The first-order valence-corrected chi connectivity index (χ1v) is 19.4. The molecule has 4 heterocycles. The first-order valence-electron chi connectivity index (χ1n) is 19.4. The molecule has 12 rings (SSSR count). The number of benzene rings is 8. The number of nitrogens with zero attached hydrogens (tertiary/aromatic N) is 5. The summed E-state index contributed by atoms with van der Waals surface area (Å²) in [6.07, 6.45) is 3.59. The quantitative estimate of drug-likeness (QED) is 0.176. The Morgan fingerprint density at radius 2 is 1.00 bits per heavy atom. The van der Waals surface area contributed by atoms with Gasteiger partial charge in [0, 0.05) is 56.0 Å². The monoisotopic (exact) mass is 741 g/mol. The van der Waals surface area contributed by atoms with Crippen LogP contribution < -0.4 is 0 Å². The Morgan fingerprint density at radius 1 is 0.379 bits per heavy atom. The Bertz CT molecular complexity index is 3530. The molecule has 0 bridgehead atoms. The number of fused-ring (bicyclic) bond motifs is 8. The van der Waals surface area contributed by atoms with E-state index in [2.05, 4.69) is 173 Å². The normalized spacial score (nSPS) is 11.8. The highest BCUT2D eigenvalue weighted by atomic mass is 16.3. The Balaban J connectivity index is 1.04. The summed E-state index contributed by atoms with van der Waals surface area (Å²) in [5.41, 5.74) is 9.91. The van der Waals surface area contributed by atoms with Gasteiger partial charge in [0.15, 0.2) is 17.5 Å². The fraction of sp³-hybridized carbons (Fsp3) is 0. The number of furan rings is 1. The van der Waals surface area contributed by atoms with Crippen molar-refractivity contribution in [1.82, 2.24) is 24.5 Å². The molecule has 4 aromatic heterocycles. The van der Waals surface area contributed by atoms with Gasteiger partial charge in [-0.3, -0.25) is 4.98 Å². The van der Waals surface area contributed by atoms with Gasteiger partial charge >= 0.3 is 0 Å². The molecule has 8 aromatic carbocycles. The number of hydrogen-bond donors (Lipinski definition) is 0. The van der Waals surface area contributed by atoms with Crippen molar-refractivity contribution in [3.63, 3.8) is 0 Å². The molecule has 6 nitrogen and oxygen atoms in total. The van der Waals surface area contributed by atoms with Gasteiger partial charge in [-0.2, -0.15) is 0 Å². The Morgan fingerprint density at radius 3 is 1.79 bits per heavy atom. The van der Waals surface area contributed by atoms with Crippen LogP contribution in [0.3, 0.4) is 0 Å². The van der Waals surface area contributed by atoms with Crippen LogP contribution in [-0.4, -0.2) is 24.5 Å². The second-order valence-electron chi connectivity index (χ2n) is 14.7. The SMILES string of the molecule is c1ccc2cc(-c3ccc(-c4nc(-c5ccc6c(c5)oc5ccncc56)nc(-c5ccc(-n6c7ccccc7c7ccccc76)c6ccccc56)n4)cc3)ccc2c1. The molecule has 58 heavy (non-hydrogen) atoms. The van der Waals surface area contributed by atoms with Crippen LogP contribution in [0.4, 0.5) is 0 Å². The molecular formula is C52H31N5O. The first kappa shape index (κ1) is 32.3. The van der Waals surface area contributed by atoms with E-state index >= 15 is 0 Å². The Hall–Kier alpha value is -7.96. The predicted molar refractivity (Wildman–Crippen MR) is 236 cm³/mol. The van der Waals surface area contributed by atoms with Crippen molar-refractivity contribution in [2.75, 3.05) is 0 Å². The second-order valence-corrected chi connectivity index (χ2v) is 14.7. The first-order chi connectivity index (χ1) is 28.7. The van der Waals surface area contributed by atoms with Gasteiger partial charge in [0.05, 0.1) is 16.7 Å². The molecule has 0 aliphatic heterocycles. The van der Waals surface area contributed by atoms with Crippen molar-refractivity contribution in [1.29, 1.82) is 0 Å². The van der Waals surface area contributed by atoms with Crippen LogP contribution in [0.2, 0.25) is 0 Å². The summed E-state index contributed by atoms with van der Waals surface area (Å²) in [7, 11) is 0. The Kier molecular flexibility index (Phi) is 7.13. The van der Waals surface area contributed by atoms with Gasteiger partial charge in [0.25, 0.3) is 0 Å². The molecular weight excluding hydrogens is 711 g/mol. The lowest BCUT2D eigenvalue weighted by atomic mass is 10.00. The molecule has 0 spiro atoms. The zero-order chi connectivity index (χ0) is 38.2. The zero-order valence-electron chi connectivity index (χ0n) is 31.0. The summed E-state index contributed by atoms with van der Waals surface area (Å²) in [5.74, 6) is 1.75. The Labute approximate surface area is 332 Å². The highest BCUT2D eigenvalue weighted by Crippen LogP contribution is 2.39. The summed E-state index contributed by atoms with van der Waals surface area (Å²) in [6, 6.07) is 61.7. The smallest absolute Gasteiger partial charge is 0.164 e. The number of aromatic nitrogens is 5. The lowest BCUT2D eigenvalue weighted by Gasteiger charge is -2.15. The molecule has 0 amide bonds. The maximum absolute atomic E-state index is 6.28. The van der Waals surface area contributed by atoms with Crippen LogP contribution >= 0.6 is 0 Å². The van der Waals surface area contributed by atoms with Crippen LogP contribution in [0.15, 0.2) is 193 Å². The summed E-state index contributed by atoms with van der Waals surface area (Å²) in [5, 5.41) is 9.01. The van der Waals surface area contributed by atoms with Gasteiger partial charge in [-0.05, 0) is 75.8 Å². The van der Waals surface area contributed by atoms with E-state index in [1.54, 1.807) is 6.20 Å². The molecule has 0 radical (unpaired) electrons. The minimum absolute atomic E-state index is 0.564. The van der Waals surface area contributed by atoms with Crippen molar-refractivity contribution in [2.45, 2.75) is 0 Å². The molecule has 6 heteroatoms. The fourth-order valence-corrected chi connectivity index (χ4v) is 8.55. The number of pyridine rings is 1. The lowest BCUT2D eigenvalue weighted by molar-refractivity contribution is 0.668. The predicted octanol–water partition coefficient (Wildman–Crippen LogP) is 13.2. The van der Waals surface area contributed by atoms with Gasteiger partial charge in [-0.15, -0.1) is 0 Å². The molecule has 0 N–H and O–H groups in total. The summed E-state index contributed by atoms with van der Waals surface area (Å²) < 4.78 is 8.65. The van der Waals surface area contributed by atoms with E-state index in [1.807, 2.05) is 18.3 Å². The van der Waals surface area contributed by atoms with E-state index in [9.17, 15) is 0 Å². The molecule has 0 atom stereocenters. The van der Waals surface area contributed by atoms with Crippen LogP contribution in [0.25, 0.3) is 116 Å². The van der Waals surface area contributed by atoms with Crippen molar-refractivity contribution in [3.05, 3.63) is 188 Å². The topological polar surface area (TPSA) is 69.6 Å². The van der Waals surface area contributed by atoms with Gasteiger partial charge < -0.3 is 8.98 Å². The van der Waals surface area contributed by atoms with E-state index in [0.717, 1.165) is 77.2 Å².